The molecule has 0 bridgehead atoms. The molecule has 0 amide bonds. The van der Waals surface area contributed by atoms with E-state index >= 15 is 0 Å². The van der Waals surface area contributed by atoms with Gasteiger partial charge >= 0.3 is 0 Å². The lowest BCUT2D eigenvalue weighted by atomic mass is 9.94. The molecule has 10 rings (SSSR count). The highest BCUT2D eigenvalue weighted by molar-refractivity contribution is 7.25. The molecule has 0 saturated carbocycles. The van der Waals surface area contributed by atoms with Crippen LogP contribution in [0.5, 0.6) is 0 Å². The standard InChI is InChI=1S/C46H26N4OS/c47-27-28-23-32(25-33(24-28)46-49-44(29-11-3-1-4-12-29)48-45(50-46)30-13-5-2-6-14-30)31-21-22-36-39(26-31)51-38-18-9-16-34(42(36)38)35-17-10-20-41-43(35)37-15-7-8-19-40(37)52-41/h1-26H. The van der Waals surface area contributed by atoms with E-state index < -0.39 is 0 Å². The Morgan fingerprint density at radius 3 is 1.79 bits per heavy atom. The lowest BCUT2D eigenvalue weighted by Gasteiger charge is -2.10. The van der Waals surface area contributed by atoms with E-state index in [1.165, 1.54) is 25.7 Å². The van der Waals surface area contributed by atoms with Crippen molar-refractivity contribution >= 4 is 53.4 Å². The SMILES string of the molecule is N#Cc1cc(-c2ccc3c(c2)oc2cccc(-c4cccc5sc6ccccc6c45)c23)cc(-c2nc(-c3ccccc3)nc(-c3ccccc3)n2)c1. The normalized spacial score (nSPS) is 11.4. The number of hydrogen-bond acceptors (Lipinski definition) is 6. The van der Waals surface area contributed by atoms with Gasteiger partial charge in [-0.1, -0.05) is 109 Å². The molecule has 52 heavy (non-hydrogen) atoms. The number of furan rings is 1. The van der Waals surface area contributed by atoms with Gasteiger partial charge in [-0.2, -0.15) is 5.26 Å². The van der Waals surface area contributed by atoms with Crippen molar-refractivity contribution in [2.24, 2.45) is 0 Å². The molecule has 5 nitrogen and oxygen atoms in total. The number of hydrogen-bond donors (Lipinski definition) is 0. The first kappa shape index (κ1) is 29.9. The highest BCUT2D eigenvalue weighted by Crippen LogP contribution is 2.44. The van der Waals surface area contributed by atoms with Gasteiger partial charge in [-0.3, -0.25) is 0 Å². The van der Waals surface area contributed by atoms with Crippen LogP contribution in [0.1, 0.15) is 5.56 Å². The fourth-order valence-electron chi connectivity index (χ4n) is 7.15. The second kappa shape index (κ2) is 12.1. The van der Waals surface area contributed by atoms with E-state index in [0.29, 0.717) is 23.0 Å². The minimum Gasteiger partial charge on any atom is -0.456 e. The van der Waals surface area contributed by atoms with E-state index in [2.05, 4.69) is 78.9 Å². The zero-order chi connectivity index (χ0) is 34.6. The molecule has 0 radical (unpaired) electrons. The van der Waals surface area contributed by atoms with Crippen LogP contribution >= 0.6 is 11.3 Å². The zero-order valence-electron chi connectivity index (χ0n) is 27.6. The summed E-state index contributed by atoms with van der Waals surface area (Å²) in [5.74, 6) is 1.63. The molecule has 6 heteroatoms. The van der Waals surface area contributed by atoms with Crippen molar-refractivity contribution in [3.63, 3.8) is 0 Å². The summed E-state index contributed by atoms with van der Waals surface area (Å²) >= 11 is 1.82. The summed E-state index contributed by atoms with van der Waals surface area (Å²) in [5, 5.41) is 14.8. The van der Waals surface area contributed by atoms with E-state index in [-0.39, 0.29) is 0 Å². The fourth-order valence-corrected chi connectivity index (χ4v) is 8.29. The van der Waals surface area contributed by atoms with Gasteiger partial charge in [0, 0.05) is 47.6 Å². The molecule has 0 atom stereocenters. The lowest BCUT2D eigenvalue weighted by Crippen LogP contribution is -2.00. The van der Waals surface area contributed by atoms with Gasteiger partial charge in [0.1, 0.15) is 11.2 Å². The number of nitrogens with zero attached hydrogens (tertiary/aromatic N) is 4. The molecule has 10 aromatic rings. The van der Waals surface area contributed by atoms with Crippen LogP contribution < -0.4 is 0 Å². The molecule has 3 aromatic heterocycles. The van der Waals surface area contributed by atoms with Crippen LogP contribution in [-0.4, -0.2) is 15.0 Å². The molecular weight excluding hydrogens is 657 g/mol. The third-order valence-corrected chi connectivity index (χ3v) is 10.7. The number of rotatable bonds is 5. The Hall–Kier alpha value is -6.94. The lowest BCUT2D eigenvalue weighted by molar-refractivity contribution is 0.669. The average Bonchev–Trinajstić information content (AvgIpc) is 3.79. The van der Waals surface area contributed by atoms with Crippen LogP contribution in [0.4, 0.5) is 0 Å². The molecule has 0 saturated heterocycles. The quantitative estimate of drug-likeness (QED) is 0.181. The Morgan fingerprint density at radius 2 is 1.06 bits per heavy atom. The van der Waals surface area contributed by atoms with Gasteiger partial charge in [0.25, 0.3) is 0 Å². The second-order valence-corrected chi connectivity index (χ2v) is 13.8. The second-order valence-electron chi connectivity index (χ2n) is 12.7. The van der Waals surface area contributed by atoms with Crippen LogP contribution in [0.3, 0.4) is 0 Å². The van der Waals surface area contributed by atoms with E-state index in [0.717, 1.165) is 55.3 Å². The summed E-state index contributed by atoms with van der Waals surface area (Å²) in [7, 11) is 0. The van der Waals surface area contributed by atoms with Crippen molar-refractivity contribution in [3.05, 3.63) is 163 Å². The van der Waals surface area contributed by atoms with E-state index in [1.54, 1.807) is 0 Å². The van der Waals surface area contributed by atoms with Gasteiger partial charge in [0.05, 0.1) is 11.6 Å². The fraction of sp³-hybridized carbons (Fsp3) is 0. The van der Waals surface area contributed by atoms with E-state index in [1.807, 2.05) is 96.3 Å². The maximum absolute atomic E-state index is 10.2. The number of benzene rings is 7. The Labute approximate surface area is 302 Å². The zero-order valence-corrected chi connectivity index (χ0v) is 28.4. The van der Waals surface area contributed by atoms with E-state index in [9.17, 15) is 5.26 Å². The molecule has 0 unspecified atom stereocenters. The van der Waals surface area contributed by atoms with Crippen LogP contribution in [-0.2, 0) is 0 Å². The van der Waals surface area contributed by atoms with Gasteiger partial charge < -0.3 is 4.42 Å². The summed E-state index contributed by atoms with van der Waals surface area (Å²) in [6, 6.07) is 55.7. The first-order valence-corrected chi connectivity index (χ1v) is 17.8. The summed E-state index contributed by atoms with van der Waals surface area (Å²) in [5.41, 5.74) is 8.77. The first-order valence-electron chi connectivity index (χ1n) is 17.0. The summed E-state index contributed by atoms with van der Waals surface area (Å²) < 4.78 is 9.11. The van der Waals surface area contributed by atoms with Crippen molar-refractivity contribution in [1.82, 2.24) is 15.0 Å². The van der Waals surface area contributed by atoms with Crippen molar-refractivity contribution in [1.29, 1.82) is 5.26 Å². The van der Waals surface area contributed by atoms with Gasteiger partial charge in [-0.15, -0.1) is 11.3 Å². The third kappa shape index (κ3) is 5.03. The predicted octanol–water partition coefficient (Wildman–Crippen LogP) is 12.3. The number of nitriles is 1. The number of fused-ring (bicyclic) bond motifs is 6. The smallest absolute Gasteiger partial charge is 0.164 e. The highest BCUT2D eigenvalue weighted by atomic mass is 32.1. The summed E-state index contributed by atoms with van der Waals surface area (Å²) in [6.45, 7) is 0. The van der Waals surface area contributed by atoms with Gasteiger partial charge in [-0.05, 0) is 70.8 Å². The molecule has 0 spiro atoms. The van der Waals surface area contributed by atoms with Gasteiger partial charge in [-0.25, -0.2) is 15.0 Å². The van der Waals surface area contributed by atoms with Crippen LogP contribution in [0.25, 0.3) is 98.5 Å². The minimum atomic E-state index is 0.496. The maximum Gasteiger partial charge on any atom is 0.164 e. The minimum absolute atomic E-state index is 0.496. The van der Waals surface area contributed by atoms with Crippen LogP contribution in [0.15, 0.2) is 162 Å². The van der Waals surface area contributed by atoms with Crippen LogP contribution in [0.2, 0.25) is 0 Å². The molecule has 3 heterocycles. The van der Waals surface area contributed by atoms with Gasteiger partial charge in [0.15, 0.2) is 17.5 Å². The topological polar surface area (TPSA) is 75.6 Å². The van der Waals surface area contributed by atoms with Crippen molar-refractivity contribution in [3.8, 4) is 62.5 Å². The molecular formula is C46H26N4OS. The molecule has 0 fully saturated rings. The van der Waals surface area contributed by atoms with Gasteiger partial charge in [0.2, 0.25) is 0 Å². The van der Waals surface area contributed by atoms with Crippen molar-refractivity contribution < 1.29 is 4.42 Å². The molecule has 7 aromatic carbocycles. The molecule has 0 aliphatic heterocycles. The summed E-state index contributed by atoms with van der Waals surface area (Å²) in [4.78, 5) is 14.7. The summed E-state index contributed by atoms with van der Waals surface area (Å²) in [6.07, 6.45) is 0. The maximum atomic E-state index is 10.2. The first-order chi connectivity index (χ1) is 25.7. The van der Waals surface area contributed by atoms with Crippen LogP contribution in [0, 0.1) is 11.3 Å². The highest BCUT2D eigenvalue weighted by Gasteiger charge is 2.18. The van der Waals surface area contributed by atoms with E-state index in [4.69, 9.17) is 19.4 Å². The Balaban J connectivity index is 1.12. The molecule has 0 aliphatic carbocycles. The third-order valence-electron chi connectivity index (χ3n) is 9.54. The van der Waals surface area contributed by atoms with Crippen molar-refractivity contribution in [2.75, 3.05) is 0 Å². The molecule has 0 N–H and O–H groups in total. The average molecular weight is 683 g/mol. The predicted molar refractivity (Wildman–Crippen MR) is 212 cm³/mol. The molecule has 0 aliphatic rings. The molecule has 242 valence electrons. The largest absolute Gasteiger partial charge is 0.456 e. The Bertz CT molecular complexity index is 2970. The Morgan fingerprint density at radius 1 is 0.442 bits per heavy atom. The number of thiophene rings is 1. The Kier molecular flexibility index (Phi) is 6.98. The van der Waals surface area contributed by atoms with Crippen molar-refractivity contribution in [2.45, 2.75) is 0 Å². The number of aromatic nitrogens is 3. The monoisotopic (exact) mass is 682 g/mol.